The molecule has 0 fully saturated rings. The van der Waals surface area contributed by atoms with Gasteiger partial charge in [-0.05, 0) is 5.92 Å². The Morgan fingerprint density at radius 3 is 2.80 bits per heavy atom. The first-order valence-electron chi connectivity index (χ1n) is 3.25. The summed E-state index contributed by atoms with van der Waals surface area (Å²) in [6, 6.07) is 0. The zero-order valence-electron chi connectivity index (χ0n) is 6.18. The van der Waals surface area contributed by atoms with Crippen LogP contribution in [0.5, 0.6) is 0 Å². The Balaban J connectivity index is 3.05. The molecule has 1 rings (SSSR count). The topological polar surface area (TPSA) is 28.7 Å². The molecule has 1 heterocycles. The first kappa shape index (κ1) is 6.88. The molecule has 0 aliphatic carbocycles. The van der Waals surface area contributed by atoms with Crippen LogP contribution in [0.1, 0.15) is 31.0 Å². The van der Waals surface area contributed by atoms with Gasteiger partial charge in [0.15, 0.2) is 0 Å². The second kappa shape index (κ2) is 2.57. The van der Waals surface area contributed by atoms with E-state index >= 15 is 0 Å². The Kier molecular flexibility index (Phi) is 1.77. The number of aromatic nitrogens is 2. The minimum Gasteiger partial charge on any atom is -0.281 e. The predicted molar refractivity (Wildman–Crippen MR) is 40.6 cm³/mol. The van der Waals surface area contributed by atoms with Crippen LogP contribution in [-0.4, -0.2) is 10.2 Å². The fourth-order valence-corrected chi connectivity index (χ4v) is 0.851. The molecule has 1 N–H and O–H groups in total. The Hall–Kier alpha value is -1.23. The van der Waals surface area contributed by atoms with Crippen molar-refractivity contribution in [3.63, 3.8) is 0 Å². The number of H-pyrrole nitrogens is 1. The van der Waals surface area contributed by atoms with E-state index in [0.717, 1.165) is 11.3 Å². The van der Waals surface area contributed by atoms with Crippen LogP contribution in [0.2, 0.25) is 0 Å². The van der Waals surface area contributed by atoms with Gasteiger partial charge in [-0.1, -0.05) is 19.8 Å². The number of rotatable bonds is 1. The van der Waals surface area contributed by atoms with E-state index in [1.165, 1.54) is 0 Å². The summed E-state index contributed by atoms with van der Waals surface area (Å²) in [5.74, 6) is 2.99. The lowest BCUT2D eigenvalue weighted by molar-refractivity contribution is 0.808. The Morgan fingerprint density at radius 1 is 1.70 bits per heavy atom. The van der Waals surface area contributed by atoms with Crippen LogP contribution >= 0.6 is 0 Å². The first-order valence-corrected chi connectivity index (χ1v) is 3.25. The van der Waals surface area contributed by atoms with E-state index in [2.05, 4.69) is 30.0 Å². The molecule has 0 radical (unpaired) electrons. The lowest BCUT2D eigenvalue weighted by atomic mass is 10.1. The molecule has 0 bridgehead atoms. The molecule has 1 aromatic rings. The van der Waals surface area contributed by atoms with Crippen LogP contribution in [0, 0.1) is 12.3 Å². The average Bonchev–Trinajstić information content (AvgIpc) is 2.33. The molecule has 10 heavy (non-hydrogen) atoms. The summed E-state index contributed by atoms with van der Waals surface area (Å²) in [5.41, 5.74) is 1.91. The van der Waals surface area contributed by atoms with Crippen molar-refractivity contribution in [3.05, 3.63) is 17.5 Å². The number of nitrogens with one attached hydrogen (secondary N) is 1. The zero-order valence-corrected chi connectivity index (χ0v) is 6.18. The van der Waals surface area contributed by atoms with E-state index in [1.54, 1.807) is 6.20 Å². The van der Waals surface area contributed by atoms with Crippen molar-refractivity contribution in [2.45, 2.75) is 19.8 Å². The van der Waals surface area contributed by atoms with Gasteiger partial charge in [0.25, 0.3) is 0 Å². The lowest BCUT2D eigenvalue weighted by Crippen LogP contribution is -1.89. The van der Waals surface area contributed by atoms with Gasteiger partial charge in [-0.2, -0.15) is 5.10 Å². The minimum atomic E-state index is 0.425. The third-order valence-corrected chi connectivity index (χ3v) is 1.40. The van der Waals surface area contributed by atoms with Gasteiger partial charge in [0.1, 0.15) is 0 Å². The van der Waals surface area contributed by atoms with Crippen LogP contribution in [0.15, 0.2) is 6.20 Å². The molecule has 1 aromatic heterocycles. The predicted octanol–water partition coefficient (Wildman–Crippen LogP) is 1.51. The highest BCUT2D eigenvalue weighted by Crippen LogP contribution is 2.14. The van der Waals surface area contributed by atoms with Crippen LogP contribution in [0.4, 0.5) is 0 Å². The smallest absolute Gasteiger partial charge is 0.0654 e. The Morgan fingerprint density at radius 2 is 2.40 bits per heavy atom. The summed E-state index contributed by atoms with van der Waals surface area (Å²) in [5, 5.41) is 6.71. The van der Waals surface area contributed by atoms with E-state index in [4.69, 9.17) is 6.42 Å². The molecule has 52 valence electrons. The third kappa shape index (κ3) is 1.03. The molecule has 0 aliphatic heterocycles. The van der Waals surface area contributed by atoms with Crippen molar-refractivity contribution in [2.24, 2.45) is 0 Å². The maximum Gasteiger partial charge on any atom is 0.0654 e. The van der Waals surface area contributed by atoms with Gasteiger partial charge in [0.2, 0.25) is 0 Å². The van der Waals surface area contributed by atoms with Crippen molar-refractivity contribution in [3.8, 4) is 12.3 Å². The lowest BCUT2D eigenvalue weighted by Gasteiger charge is -1.99. The van der Waals surface area contributed by atoms with Gasteiger partial charge in [-0.25, -0.2) is 0 Å². The molecule has 2 heteroatoms. The van der Waals surface area contributed by atoms with Gasteiger partial charge in [-0.3, -0.25) is 5.10 Å². The standard InChI is InChI=1S/C8H10N2/c1-4-7-5-9-10-8(7)6(2)3/h1,5-6H,2-3H3,(H,9,10). The average molecular weight is 134 g/mol. The number of hydrogen-bond donors (Lipinski definition) is 1. The summed E-state index contributed by atoms with van der Waals surface area (Å²) in [4.78, 5) is 0. The Bertz CT molecular complexity index is 252. The second-order valence-corrected chi connectivity index (χ2v) is 2.50. The Labute approximate surface area is 60.7 Å². The third-order valence-electron chi connectivity index (χ3n) is 1.40. The molecular formula is C8H10N2. The minimum absolute atomic E-state index is 0.425. The summed E-state index contributed by atoms with van der Waals surface area (Å²) >= 11 is 0. The molecule has 0 spiro atoms. The number of terminal acetylenes is 1. The molecule has 0 aromatic carbocycles. The highest BCUT2D eigenvalue weighted by atomic mass is 15.1. The molecule has 0 amide bonds. The van der Waals surface area contributed by atoms with Gasteiger partial charge in [-0.15, -0.1) is 6.42 Å². The van der Waals surface area contributed by atoms with E-state index in [9.17, 15) is 0 Å². The largest absolute Gasteiger partial charge is 0.281 e. The fourth-order valence-electron chi connectivity index (χ4n) is 0.851. The van der Waals surface area contributed by atoms with Crippen molar-refractivity contribution in [1.82, 2.24) is 10.2 Å². The molecule has 0 unspecified atom stereocenters. The molecule has 0 atom stereocenters. The van der Waals surface area contributed by atoms with E-state index in [1.807, 2.05) is 0 Å². The fraction of sp³-hybridized carbons (Fsp3) is 0.375. The first-order chi connectivity index (χ1) is 4.75. The van der Waals surface area contributed by atoms with Gasteiger partial charge in [0.05, 0.1) is 17.5 Å². The number of nitrogens with zero attached hydrogens (tertiary/aromatic N) is 1. The van der Waals surface area contributed by atoms with E-state index < -0.39 is 0 Å². The molecule has 0 saturated heterocycles. The van der Waals surface area contributed by atoms with Gasteiger partial charge < -0.3 is 0 Å². The van der Waals surface area contributed by atoms with Crippen LogP contribution in [0.3, 0.4) is 0 Å². The maximum atomic E-state index is 5.22. The van der Waals surface area contributed by atoms with Crippen LogP contribution in [-0.2, 0) is 0 Å². The summed E-state index contributed by atoms with van der Waals surface area (Å²) in [6.07, 6.45) is 6.90. The van der Waals surface area contributed by atoms with Gasteiger partial charge >= 0.3 is 0 Å². The monoisotopic (exact) mass is 134 g/mol. The summed E-state index contributed by atoms with van der Waals surface area (Å²) in [6.45, 7) is 4.16. The second-order valence-electron chi connectivity index (χ2n) is 2.50. The molecule has 2 nitrogen and oxygen atoms in total. The number of hydrogen-bond acceptors (Lipinski definition) is 1. The van der Waals surface area contributed by atoms with E-state index in [-0.39, 0.29) is 0 Å². The normalized spacial score (nSPS) is 9.80. The SMILES string of the molecule is C#Cc1cn[nH]c1C(C)C. The van der Waals surface area contributed by atoms with Crippen molar-refractivity contribution in [1.29, 1.82) is 0 Å². The summed E-state index contributed by atoms with van der Waals surface area (Å²) < 4.78 is 0. The van der Waals surface area contributed by atoms with Crippen molar-refractivity contribution < 1.29 is 0 Å². The van der Waals surface area contributed by atoms with Crippen molar-refractivity contribution in [2.75, 3.05) is 0 Å². The molecule has 0 saturated carbocycles. The quantitative estimate of drug-likeness (QED) is 0.579. The maximum absolute atomic E-state index is 5.22. The molecular weight excluding hydrogens is 124 g/mol. The molecule has 0 aliphatic rings. The van der Waals surface area contributed by atoms with Crippen LogP contribution in [0.25, 0.3) is 0 Å². The van der Waals surface area contributed by atoms with E-state index in [0.29, 0.717) is 5.92 Å². The number of aromatic amines is 1. The highest BCUT2D eigenvalue weighted by Gasteiger charge is 2.04. The van der Waals surface area contributed by atoms with Crippen LogP contribution < -0.4 is 0 Å². The van der Waals surface area contributed by atoms with Gasteiger partial charge in [0, 0.05) is 0 Å². The highest BCUT2D eigenvalue weighted by molar-refractivity contribution is 5.35. The van der Waals surface area contributed by atoms with Crippen molar-refractivity contribution >= 4 is 0 Å². The zero-order chi connectivity index (χ0) is 7.56. The summed E-state index contributed by atoms with van der Waals surface area (Å²) in [7, 11) is 0.